The molecule has 0 nitrogen and oxygen atoms in total. The molecule has 0 saturated carbocycles. The third kappa shape index (κ3) is 20.1. The van der Waals surface area contributed by atoms with Crippen LogP contribution in [0.5, 0.6) is 0 Å². The highest BCUT2D eigenvalue weighted by Gasteiger charge is 2.11. The van der Waals surface area contributed by atoms with E-state index in [2.05, 4.69) is 45.3 Å². The van der Waals surface area contributed by atoms with E-state index in [1.54, 1.807) is 0 Å². The second-order valence-corrected chi connectivity index (χ2v) is 9.76. The van der Waals surface area contributed by atoms with Crippen molar-refractivity contribution < 1.29 is 0 Å². The van der Waals surface area contributed by atoms with Gasteiger partial charge in [0.25, 0.3) is 0 Å². The van der Waals surface area contributed by atoms with Gasteiger partial charge in [0.2, 0.25) is 0 Å². The second-order valence-electron chi connectivity index (χ2n) is 8.28. The van der Waals surface area contributed by atoms with Crippen LogP contribution in [0.25, 0.3) is 0 Å². The number of hydrogen-bond acceptors (Lipinski definition) is 1. The highest BCUT2D eigenvalue weighted by atomic mass is 32.2. The monoisotopic (exact) mass is 392 g/mol. The lowest BCUT2D eigenvalue weighted by Crippen LogP contribution is -2.03. The van der Waals surface area contributed by atoms with Crippen LogP contribution >= 0.6 is 11.8 Å². The summed E-state index contributed by atoms with van der Waals surface area (Å²) in [6.07, 6.45) is 24.8. The zero-order chi connectivity index (χ0) is 20.2. The van der Waals surface area contributed by atoms with Crippen molar-refractivity contribution in [3.8, 4) is 0 Å². The Morgan fingerprint density at radius 2 is 1.33 bits per heavy atom. The predicted molar refractivity (Wildman–Crippen MR) is 130 cm³/mol. The van der Waals surface area contributed by atoms with Gasteiger partial charge in [-0.15, -0.1) is 24.9 Å². The molecule has 0 N–H and O–H groups in total. The molecular weight excluding hydrogens is 344 g/mol. The van der Waals surface area contributed by atoms with E-state index in [0.717, 1.165) is 5.25 Å². The molecule has 0 spiro atoms. The van der Waals surface area contributed by atoms with E-state index in [1.807, 2.05) is 6.08 Å². The van der Waals surface area contributed by atoms with Crippen molar-refractivity contribution in [2.24, 2.45) is 0 Å². The summed E-state index contributed by atoms with van der Waals surface area (Å²) < 4.78 is 0. The molecule has 158 valence electrons. The van der Waals surface area contributed by atoms with E-state index in [4.69, 9.17) is 0 Å². The van der Waals surface area contributed by atoms with Crippen LogP contribution in [0.1, 0.15) is 123 Å². The number of unbranched alkanes of at least 4 members (excludes halogenated alkanes) is 10. The SMILES string of the molecule is C=CCCCCCCCC(CCCCCCCC(=C)C)SC(=C)CCCC. The molecule has 0 saturated heterocycles. The van der Waals surface area contributed by atoms with Crippen molar-refractivity contribution >= 4 is 11.8 Å². The van der Waals surface area contributed by atoms with Gasteiger partial charge in [-0.1, -0.05) is 82.9 Å². The first-order chi connectivity index (χ1) is 13.1. The van der Waals surface area contributed by atoms with Gasteiger partial charge in [0.05, 0.1) is 0 Å². The minimum absolute atomic E-state index is 0.804. The van der Waals surface area contributed by atoms with Gasteiger partial charge in [0.15, 0.2) is 0 Å². The molecule has 1 heteroatoms. The van der Waals surface area contributed by atoms with Crippen LogP contribution in [-0.4, -0.2) is 5.25 Å². The van der Waals surface area contributed by atoms with E-state index < -0.39 is 0 Å². The van der Waals surface area contributed by atoms with Crippen molar-refractivity contribution in [1.29, 1.82) is 0 Å². The quantitative estimate of drug-likeness (QED) is 0.138. The van der Waals surface area contributed by atoms with Gasteiger partial charge in [0.1, 0.15) is 0 Å². The van der Waals surface area contributed by atoms with Crippen LogP contribution in [0, 0.1) is 0 Å². The van der Waals surface area contributed by atoms with E-state index >= 15 is 0 Å². The maximum atomic E-state index is 4.34. The van der Waals surface area contributed by atoms with E-state index in [-0.39, 0.29) is 0 Å². The standard InChI is InChI=1S/C26H48S/c1-6-8-10-11-12-15-18-22-26(27-25(5)21-9-7-2)23-19-16-13-14-17-20-24(3)4/h6,26H,1,3,5,7-23H2,2,4H3. The van der Waals surface area contributed by atoms with Crippen molar-refractivity contribution in [3.05, 3.63) is 36.3 Å². The summed E-state index contributed by atoms with van der Waals surface area (Å²) in [6.45, 7) is 16.6. The lowest BCUT2D eigenvalue weighted by molar-refractivity contribution is 0.545. The zero-order valence-corrected chi connectivity index (χ0v) is 19.5. The molecule has 1 atom stereocenters. The Balaban J connectivity index is 3.96. The second kappa shape index (κ2) is 20.3. The lowest BCUT2D eigenvalue weighted by Gasteiger charge is -2.18. The van der Waals surface area contributed by atoms with Gasteiger partial charge in [-0.25, -0.2) is 0 Å². The minimum atomic E-state index is 0.804. The Labute approximate surface area is 176 Å². The molecule has 0 aromatic carbocycles. The first-order valence-electron chi connectivity index (χ1n) is 11.7. The average molecular weight is 393 g/mol. The smallest absolute Gasteiger partial charge is 0.00909 e. The number of allylic oxidation sites excluding steroid dienone is 3. The van der Waals surface area contributed by atoms with Gasteiger partial charge >= 0.3 is 0 Å². The molecule has 0 aromatic rings. The van der Waals surface area contributed by atoms with E-state index in [0.29, 0.717) is 0 Å². The molecule has 0 rings (SSSR count). The Hall–Kier alpha value is -0.430. The fraction of sp³-hybridized carbons (Fsp3) is 0.769. The fourth-order valence-corrected chi connectivity index (χ4v) is 4.75. The molecule has 27 heavy (non-hydrogen) atoms. The van der Waals surface area contributed by atoms with Crippen molar-refractivity contribution in [3.63, 3.8) is 0 Å². The highest BCUT2D eigenvalue weighted by molar-refractivity contribution is 8.03. The van der Waals surface area contributed by atoms with Crippen molar-refractivity contribution in [2.75, 3.05) is 0 Å². The molecular formula is C26H48S. The molecule has 1 unspecified atom stereocenters. The summed E-state index contributed by atoms with van der Waals surface area (Å²) in [4.78, 5) is 1.43. The summed E-state index contributed by atoms with van der Waals surface area (Å²) in [5.74, 6) is 0. The van der Waals surface area contributed by atoms with Gasteiger partial charge < -0.3 is 0 Å². The summed E-state index contributed by atoms with van der Waals surface area (Å²) >= 11 is 2.11. The fourth-order valence-electron chi connectivity index (χ4n) is 3.45. The van der Waals surface area contributed by atoms with Crippen LogP contribution in [0.4, 0.5) is 0 Å². The predicted octanol–water partition coefficient (Wildman–Crippen LogP) is 10.0. The number of hydrogen-bond donors (Lipinski definition) is 0. The largest absolute Gasteiger partial charge is 0.128 e. The average Bonchev–Trinajstić information content (AvgIpc) is 2.64. The first kappa shape index (κ1) is 26.6. The maximum absolute atomic E-state index is 4.34. The van der Waals surface area contributed by atoms with Crippen molar-refractivity contribution in [1.82, 2.24) is 0 Å². The molecule has 0 aliphatic heterocycles. The van der Waals surface area contributed by atoms with Gasteiger partial charge in [-0.2, -0.15) is 0 Å². The Bertz CT molecular complexity index is 368. The van der Waals surface area contributed by atoms with Crippen molar-refractivity contribution in [2.45, 2.75) is 128 Å². The Kier molecular flexibility index (Phi) is 20.0. The van der Waals surface area contributed by atoms with E-state index in [9.17, 15) is 0 Å². The lowest BCUT2D eigenvalue weighted by atomic mass is 10.0. The van der Waals surface area contributed by atoms with Crippen LogP contribution < -0.4 is 0 Å². The summed E-state index contributed by atoms with van der Waals surface area (Å²) in [6, 6.07) is 0. The van der Waals surface area contributed by atoms with Crippen LogP contribution in [0.15, 0.2) is 36.3 Å². The molecule has 0 fully saturated rings. The van der Waals surface area contributed by atoms with Gasteiger partial charge in [0, 0.05) is 5.25 Å². The molecule has 0 aromatic heterocycles. The van der Waals surface area contributed by atoms with Crippen LogP contribution in [-0.2, 0) is 0 Å². The number of rotatable bonds is 21. The highest BCUT2D eigenvalue weighted by Crippen LogP contribution is 2.31. The minimum Gasteiger partial charge on any atom is -0.128 e. The summed E-state index contributed by atoms with van der Waals surface area (Å²) in [5, 5.41) is 0.804. The van der Waals surface area contributed by atoms with Gasteiger partial charge in [-0.3, -0.25) is 0 Å². The Morgan fingerprint density at radius 3 is 1.89 bits per heavy atom. The first-order valence-corrected chi connectivity index (χ1v) is 12.6. The molecule has 0 heterocycles. The Morgan fingerprint density at radius 1 is 0.778 bits per heavy atom. The topological polar surface area (TPSA) is 0 Å². The summed E-state index contributed by atoms with van der Waals surface area (Å²) in [5.41, 5.74) is 1.33. The zero-order valence-electron chi connectivity index (χ0n) is 18.7. The molecule has 0 aliphatic rings. The third-order valence-corrected chi connectivity index (χ3v) is 6.55. The van der Waals surface area contributed by atoms with Crippen LogP contribution in [0.3, 0.4) is 0 Å². The van der Waals surface area contributed by atoms with Crippen LogP contribution in [0.2, 0.25) is 0 Å². The molecule has 0 aliphatic carbocycles. The molecule has 0 radical (unpaired) electrons. The van der Waals surface area contributed by atoms with Gasteiger partial charge in [-0.05, 0) is 63.2 Å². The normalized spacial score (nSPS) is 12.1. The third-order valence-electron chi connectivity index (χ3n) is 5.21. The molecule has 0 amide bonds. The maximum Gasteiger partial charge on any atom is 0.00909 e. The van der Waals surface area contributed by atoms with E-state index in [1.165, 1.54) is 120 Å². The summed E-state index contributed by atoms with van der Waals surface area (Å²) in [7, 11) is 0. The number of thioether (sulfide) groups is 1. The molecule has 0 bridgehead atoms.